The third-order valence-electron chi connectivity index (χ3n) is 5.30. The summed E-state index contributed by atoms with van der Waals surface area (Å²) in [7, 11) is 1.54. The van der Waals surface area contributed by atoms with E-state index in [9.17, 15) is 4.79 Å². The standard InChI is InChI=1S/C22H24N4O2/c1-28-21-19(10-5-11-23-21)22(27)26-12-6-9-17(15-26)20-18(14-24-25-20)13-16-7-3-2-4-8-16/h2-5,7-8,10-11,14,17H,6,9,12-13,15H2,1H3,(H,24,25). The van der Waals surface area contributed by atoms with E-state index in [0.717, 1.165) is 31.5 Å². The van der Waals surface area contributed by atoms with Gasteiger partial charge in [0.2, 0.25) is 5.88 Å². The second-order valence-electron chi connectivity index (χ2n) is 7.12. The number of piperidine rings is 1. The topological polar surface area (TPSA) is 71.1 Å². The van der Waals surface area contributed by atoms with Crippen molar-refractivity contribution in [2.75, 3.05) is 20.2 Å². The first-order valence-electron chi connectivity index (χ1n) is 9.60. The average Bonchev–Trinajstić information content (AvgIpc) is 3.22. The molecule has 1 fully saturated rings. The zero-order chi connectivity index (χ0) is 19.3. The number of hydrogen-bond donors (Lipinski definition) is 1. The van der Waals surface area contributed by atoms with Crippen LogP contribution in [-0.4, -0.2) is 46.2 Å². The van der Waals surface area contributed by atoms with Gasteiger partial charge in [0.25, 0.3) is 5.91 Å². The van der Waals surface area contributed by atoms with E-state index >= 15 is 0 Å². The molecule has 0 spiro atoms. The van der Waals surface area contributed by atoms with E-state index in [1.807, 2.05) is 17.2 Å². The summed E-state index contributed by atoms with van der Waals surface area (Å²) in [6, 6.07) is 13.9. The summed E-state index contributed by atoms with van der Waals surface area (Å²) in [6.45, 7) is 1.41. The van der Waals surface area contributed by atoms with E-state index in [4.69, 9.17) is 4.74 Å². The molecule has 1 saturated heterocycles. The fourth-order valence-corrected chi connectivity index (χ4v) is 3.92. The van der Waals surface area contributed by atoms with E-state index in [-0.39, 0.29) is 11.8 Å². The van der Waals surface area contributed by atoms with Crippen molar-refractivity contribution >= 4 is 5.91 Å². The normalized spacial score (nSPS) is 16.8. The van der Waals surface area contributed by atoms with E-state index in [2.05, 4.69) is 39.4 Å². The van der Waals surface area contributed by atoms with Crippen molar-refractivity contribution in [3.05, 3.63) is 77.2 Å². The van der Waals surface area contributed by atoms with Gasteiger partial charge < -0.3 is 9.64 Å². The summed E-state index contributed by atoms with van der Waals surface area (Å²) in [5.41, 5.74) is 4.11. The summed E-state index contributed by atoms with van der Waals surface area (Å²) in [6.07, 6.45) is 6.39. The minimum atomic E-state index is -0.0289. The summed E-state index contributed by atoms with van der Waals surface area (Å²) in [5, 5.41) is 7.48. The molecule has 0 bridgehead atoms. The Morgan fingerprint density at radius 3 is 2.93 bits per heavy atom. The molecule has 2 aromatic heterocycles. The minimum Gasteiger partial charge on any atom is -0.480 e. The molecular formula is C22H24N4O2. The van der Waals surface area contributed by atoms with Gasteiger partial charge in [0.05, 0.1) is 13.3 Å². The van der Waals surface area contributed by atoms with Gasteiger partial charge in [-0.05, 0) is 36.1 Å². The quantitative estimate of drug-likeness (QED) is 0.741. The van der Waals surface area contributed by atoms with E-state index in [1.54, 1.807) is 25.4 Å². The van der Waals surface area contributed by atoms with Crippen LogP contribution in [0.5, 0.6) is 5.88 Å². The molecule has 1 aliphatic heterocycles. The van der Waals surface area contributed by atoms with Crippen LogP contribution in [0.3, 0.4) is 0 Å². The maximum atomic E-state index is 13.1. The van der Waals surface area contributed by atoms with Crippen molar-refractivity contribution in [1.29, 1.82) is 0 Å². The lowest BCUT2D eigenvalue weighted by atomic mass is 9.90. The molecule has 1 aromatic carbocycles. The third-order valence-corrected chi connectivity index (χ3v) is 5.30. The first-order valence-corrected chi connectivity index (χ1v) is 9.60. The number of benzene rings is 1. The maximum Gasteiger partial charge on any atom is 0.259 e. The zero-order valence-electron chi connectivity index (χ0n) is 16.0. The van der Waals surface area contributed by atoms with Crippen LogP contribution in [0.25, 0.3) is 0 Å². The van der Waals surface area contributed by atoms with Crippen molar-refractivity contribution in [3.63, 3.8) is 0 Å². The molecule has 0 saturated carbocycles. The Bertz CT molecular complexity index is 938. The fraction of sp³-hybridized carbons (Fsp3) is 0.318. The average molecular weight is 376 g/mol. The molecule has 0 aliphatic carbocycles. The van der Waals surface area contributed by atoms with Crippen LogP contribution in [0, 0.1) is 0 Å². The van der Waals surface area contributed by atoms with Crippen molar-refractivity contribution in [2.24, 2.45) is 0 Å². The summed E-state index contributed by atoms with van der Waals surface area (Å²) in [5.74, 6) is 0.598. The number of hydrogen-bond acceptors (Lipinski definition) is 4. The largest absolute Gasteiger partial charge is 0.480 e. The number of carbonyl (C=O) groups is 1. The molecule has 28 heavy (non-hydrogen) atoms. The number of ether oxygens (including phenoxy) is 1. The van der Waals surface area contributed by atoms with Crippen molar-refractivity contribution in [2.45, 2.75) is 25.2 Å². The van der Waals surface area contributed by atoms with E-state index in [1.165, 1.54) is 11.1 Å². The Hall–Kier alpha value is -3.15. The van der Waals surface area contributed by atoms with Gasteiger partial charge in [0.1, 0.15) is 5.56 Å². The number of nitrogens with zero attached hydrogens (tertiary/aromatic N) is 3. The highest BCUT2D eigenvalue weighted by molar-refractivity contribution is 5.96. The second-order valence-corrected chi connectivity index (χ2v) is 7.12. The Labute approximate surface area is 164 Å². The fourth-order valence-electron chi connectivity index (χ4n) is 3.92. The van der Waals surface area contributed by atoms with Crippen molar-refractivity contribution in [1.82, 2.24) is 20.1 Å². The minimum absolute atomic E-state index is 0.0289. The number of aromatic amines is 1. The van der Waals surface area contributed by atoms with Crippen LogP contribution in [0.4, 0.5) is 0 Å². The zero-order valence-corrected chi connectivity index (χ0v) is 16.0. The lowest BCUT2D eigenvalue weighted by molar-refractivity contribution is 0.0701. The number of nitrogens with one attached hydrogen (secondary N) is 1. The van der Waals surface area contributed by atoms with Gasteiger partial charge in [-0.15, -0.1) is 0 Å². The predicted molar refractivity (Wildman–Crippen MR) is 107 cm³/mol. The first-order chi connectivity index (χ1) is 13.8. The van der Waals surface area contributed by atoms with Gasteiger partial charge in [-0.1, -0.05) is 30.3 Å². The Balaban J connectivity index is 1.52. The van der Waals surface area contributed by atoms with Crippen LogP contribution in [0.2, 0.25) is 0 Å². The molecule has 3 heterocycles. The van der Waals surface area contributed by atoms with Gasteiger partial charge in [0.15, 0.2) is 0 Å². The number of carbonyl (C=O) groups excluding carboxylic acids is 1. The van der Waals surface area contributed by atoms with Crippen LogP contribution in [0.1, 0.15) is 45.9 Å². The van der Waals surface area contributed by atoms with Crippen LogP contribution < -0.4 is 4.74 Å². The van der Waals surface area contributed by atoms with Crippen LogP contribution in [0.15, 0.2) is 54.9 Å². The van der Waals surface area contributed by atoms with E-state index in [0.29, 0.717) is 18.0 Å². The second kappa shape index (κ2) is 8.25. The van der Waals surface area contributed by atoms with Crippen molar-refractivity contribution in [3.8, 4) is 5.88 Å². The van der Waals surface area contributed by atoms with Crippen LogP contribution in [-0.2, 0) is 6.42 Å². The summed E-state index contributed by atoms with van der Waals surface area (Å²) in [4.78, 5) is 19.1. The number of pyridine rings is 1. The molecule has 0 radical (unpaired) electrons. The SMILES string of the molecule is COc1ncccc1C(=O)N1CCCC(c2[nH]ncc2Cc2ccccc2)C1. The molecule has 1 unspecified atom stereocenters. The Morgan fingerprint density at radius 1 is 1.25 bits per heavy atom. The number of H-pyrrole nitrogens is 1. The Kier molecular flexibility index (Phi) is 5.37. The lowest BCUT2D eigenvalue weighted by Crippen LogP contribution is -2.39. The highest BCUT2D eigenvalue weighted by atomic mass is 16.5. The first kappa shape index (κ1) is 18.2. The number of methoxy groups -OCH3 is 1. The molecule has 1 N–H and O–H groups in total. The number of rotatable bonds is 5. The van der Waals surface area contributed by atoms with Gasteiger partial charge in [-0.25, -0.2) is 4.98 Å². The molecule has 6 nitrogen and oxygen atoms in total. The molecule has 3 aromatic rings. The van der Waals surface area contributed by atoms with E-state index < -0.39 is 0 Å². The van der Waals surface area contributed by atoms with Crippen molar-refractivity contribution < 1.29 is 9.53 Å². The van der Waals surface area contributed by atoms with Gasteiger partial charge in [-0.3, -0.25) is 9.89 Å². The molecule has 1 atom stereocenters. The predicted octanol–water partition coefficient (Wildman–Crippen LogP) is 3.42. The summed E-state index contributed by atoms with van der Waals surface area (Å²) >= 11 is 0. The highest BCUT2D eigenvalue weighted by Crippen LogP contribution is 2.30. The smallest absolute Gasteiger partial charge is 0.259 e. The summed E-state index contributed by atoms with van der Waals surface area (Å²) < 4.78 is 5.27. The Morgan fingerprint density at radius 2 is 2.11 bits per heavy atom. The molecule has 6 heteroatoms. The molecule has 1 aliphatic rings. The molecule has 1 amide bonds. The molecular weight excluding hydrogens is 352 g/mol. The maximum absolute atomic E-state index is 13.1. The highest BCUT2D eigenvalue weighted by Gasteiger charge is 2.29. The monoisotopic (exact) mass is 376 g/mol. The third kappa shape index (κ3) is 3.76. The van der Waals surface area contributed by atoms with Crippen LogP contribution >= 0.6 is 0 Å². The van der Waals surface area contributed by atoms with Gasteiger partial charge >= 0.3 is 0 Å². The van der Waals surface area contributed by atoms with Gasteiger partial charge in [-0.2, -0.15) is 5.10 Å². The lowest BCUT2D eigenvalue weighted by Gasteiger charge is -2.33. The number of amides is 1. The van der Waals surface area contributed by atoms with Gasteiger partial charge in [0, 0.05) is 37.3 Å². The molecule has 4 rings (SSSR count). The number of aromatic nitrogens is 3. The number of likely N-dealkylation sites (tertiary alicyclic amines) is 1. The molecule has 144 valence electrons.